The van der Waals surface area contributed by atoms with Gasteiger partial charge in [0.25, 0.3) is 5.91 Å². The molecule has 1 aromatic carbocycles. The van der Waals surface area contributed by atoms with Gasteiger partial charge in [0.15, 0.2) is 11.7 Å². The Balaban J connectivity index is 1.50. The third kappa shape index (κ3) is 4.03. The molecule has 23 heavy (non-hydrogen) atoms. The molecule has 2 aromatic rings. The summed E-state index contributed by atoms with van der Waals surface area (Å²) < 4.78 is 6.52. The molecule has 3 rings (SSSR count). The Bertz CT molecular complexity index is 670. The molecule has 1 fully saturated rings. The number of nitrogens with zero attached hydrogens (tertiary/aromatic N) is 3. The molecule has 0 bridgehead atoms. The predicted molar refractivity (Wildman–Crippen MR) is 95.3 cm³/mol. The average Bonchev–Trinajstić information content (AvgIpc) is 3.08. The van der Waals surface area contributed by atoms with E-state index in [1.807, 2.05) is 41.6 Å². The van der Waals surface area contributed by atoms with Crippen molar-refractivity contribution in [2.24, 2.45) is 0 Å². The van der Waals surface area contributed by atoms with Crippen molar-refractivity contribution in [3.05, 3.63) is 39.8 Å². The molecule has 1 amide bonds. The van der Waals surface area contributed by atoms with Crippen molar-refractivity contribution in [1.29, 1.82) is 0 Å². The number of aryl methyl sites for hydroxylation is 1. The maximum Gasteiger partial charge on any atom is 0.260 e. The lowest BCUT2D eigenvalue weighted by Crippen LogP contribution is -2.50. The number of carbonyl (C=O) groups excluding carboxylic acids is 1. The molecule has 0 atom stereocenters. The molecular formula is C16H18BrN3O2S. The van der Waals surface area contributed by atoms with E-state index >= 15 is 0 Å². The number of carbonyl (C=O) groups is 1. The minimum absolute atomic E-state index is 0.0243. The Morgan fingerprint density at radius 3 is 2.78 bits per heavy atom. The number of rotatable bonds is 4. The van der Waals surface area contributed by atoms with E-state index in [1.54, 1.807) is 11.3 Å². The van der Waals surface area contributed by atoms with Crippen molar-refractivity contribution in [3.8, 4) is 5.75 Å². The van der Waals surface area contributed by atoms with Crippen molar-refractivity contribution in [2.45, 2.75) is 6.92 Å². The van der Waals surface area contributed by atoms with Gasteiger partial charge in [0.05, 0.1) is 4.47 Å². The summed E-state index contributed by atoms with van der Waals surface area (Å²) in [5.74, 6) is 0.724. The maximum absolute atomic E-state index is 12.3. The molecule has 0 aliphatic carbocycles. The Kier molecular flexibility index (Phi) is 5.17. The Morgan fingerprint density at radius 2 is 2.13 bits per heavy atom. The van der Waals surface area contributed by atoms with Crippen molar-refractivity contribution < 1.29 is 9.53 Å². The first kappa shape index (κ1) is 16.3. The van der Waals surface area contributed by atoms with E-state index < -0.39 is 0 Å². The molecule has 7 heteroatoms. The highest BCUT2D eigenvalue weighted by Gasteiger charge is 2.22. The van der Waals surface area contributed by atoms with Crippen LogP contribution < -0.4 is 9.64 Å². The number of aromatic nitrogens is 1. The third-order valence-electron chi connectivity index (χ3n) is 3.76. The van der Waals surface area contributed by atoms with Crippen LogP contribution in [0.3, 0.4) is 0 Å². The first-order chi connectivity index (χ1) is 11.1. The lowest BCUT2D eigenvalue weighted by atomic mass is 10.2. The lowest BCUT2D eigenvalue weighted by Gasteiger charge is -2.34. The number of hydrogen-bond donors (Lipinski definition) is 0. The highest BCUT2D eigenvalue weighted by Crippen LogP contribution is 2.25. The van der Waals surface area contributed by atoms with E-state index in [-0.39, 0.29) is 12.5 Å². The van der Waals surface area contributed by atoms with Gasteiger partial charge in [-0.1, -0.05) is 6.07 Å². The summed E-state index contributed by atoms with van der Waals surface area (Å²) in [6.45, 7) is 5.12. The van der Waals surface area contributed by atoms with Crippen LogP contribution in [0.5, 0.6) is 5.75 Å². The van der Waals surface area contributed by atoms with Gasteiger partial charge in [0.1, 0.15) is 5.75 Å². The van der Waals surface area contributed by atoms with Gasteiger partial charge in [-0.25, -0.2) is 4.98 Å². The number of ether oxygens (including phenoxy) is 1. The molecule has 0 spiro atoms. The van der Waals surface area contributed by atoms with Gasteiger partial charge in [0, 0.05) is 37.8 Å². The van der Waals surface area contributed by atoms with Crippen LogP contribution in [0.1, 0.15) is 5.56 Å². The van der Waals surface area contributed by atoms with Crippen LogP contribution in [0.2, 0.25) is 0 Å². The van der Waals surface area contributed by atoms with Crippen LogP contribution in [0, 0.1) is 6.92 Å². The van der Waals surface area contributed by atoms with Gasteiger partial charge in [-0.15, -0.1) is 11.3 Å². The Morgan fingerprint density at radius 1 is 1.35 bits per heavy atom. The number of benzene rings is 1. The first-order valence-corrected chi connectivity index (χ1v) is 9.12. The third-order valence-corrected chi connectivity index (χ3v) is 5.21. The van der Waals surface area contributed by atoms with Crippen LogP contribution in [-0.2, 0) is 4.79 Å². The summed E-state index contributed by atoms with van der Waals surface area (Å²) in [5, 5.41) is 3.00. The summed E-state index contributed by atoms with van der Waals surface area (Å²) >= 11 is 5.09. The molecule has 0 unspecified atom stereocenters. The number of halogens is 1. The van der Waals surface area contributed by atoms with Gasteiger partial charge in [0.2, 0.25) is 0 Å². The first-order valence-electron chi connectivity index (χ1n) is 7.44. The summed E-state index contributed by atoms with van der Waals surface area (Å²) in [4.78, 5) is 20.7. The molecule has 1 aliphatic heterocycles. The fourth-order valence-corrected chi connectivity index (χ4v) is 3.78. The molecule has 0 radical (unpaired) electrons. The maximum atomic E-state index is 12.3. The van der Waals surface area contributed by atoms with Crippen LogP contribution in [0.25, 0.3) is 0 Å². The topological polar surface area (TPSA) is 45.7 Å². The monoisotopic (exact) mass is 395 g/mol. The number of amides is 1. The SMILES string of the molecule is Cc1ccc(OCC(=O)N2CCN(c3nccs3)CC2)c(Br)c1. The summed E-state index contributed by atoms with van der Waals surface area (Å²) in [6, 6.07) is 5.83. The average molecular weight is 396 g/mol. The van der Waals surface area contributed by atoms with Gasteiger partial charge < -0.3 is 14.5 Å². The zero-order chi connectivity index (χ0) is 16.2. The number of piperazine rings is 1. The second-order valence-corrected chi connectivity index (χ2v) is 7.13. The van der Waals surface area contributed by atoms with E-state index in [0.29, 0.717) is 18.8 Å². The van der Waals surface area contributed by atoms with Crippen molar-refractivity contribution >= 4 is 38.3 Å². The zero-order valence-corrected chi connectivity index (χ0v) is 15.3. The Labute approximate surface area is 148 Å². The highest BCUT2D eigenvalue weighted by atomic mass is 79.9. The molecule has 2 heterocycles. The summed E-state index contributed by atoms with van der Waals surface area (Å²) in [6.07, 6.45) is 1.81. The van der Waals surface area contributed by atoms with Crippen molar-refractivity contribution in [2.75, 3.05) is 37.7 Å². The largest absolute Gasteiger partial charge is 0.483 e. The van der Waals surface area contributed by atoms with Gasteiger partial charge in [-0.3, -0.25) is 4.79 Å². The number of hydrogen-bond acceptors (Lipinski definition) is 5. The predicted octanol–water partition coefficient (Wildman–Crippen LogP) is 2.94. The molecule has 1 aromatic heterocycles. The lowest BCUT2D eigenvalue weighted by molar-refractivity contribution is -0.133. The Hall–Kier alpha value is -1.60. The number of thiazole rings is 1. The minimum atomic E-state index is 0.0243. The summed E-state index contributed by atoms with van der Waals surface area (Å²) in [5.41, 5.74) is 1.15. The zero-order valence-electron chi connectivity index (χ0n) is 12.9. The van der Waals surface area contributed by atoms with E-state index in [4.69, 9.17) is 4.74 Å². The fourth-order valence-electron chi connectivity index (χ4n) is 2.47. The normalized spacial score (nSPS) is 14.9. The van der Waals surface area contributed by atoms with E-state index in [0.717, 1.165) is 28.3 Å². The van der Waals surface area contributed by atoms with Crippen LogP contribution >= 0.6 is 27.3 Å². The molecule has 5 nitrogen and oxygen atoms in total. The van der Waals surface area contributed by atoms with Gasteiger partial charge in [-0.2, -0.15) is 0 Å². The smallest absolute Gasteiger partial charge is 0.260 e. The van der Waals surface area contributed by atoms with Crippen LogP contribution in [0.4, 0.5) is 5.13 Å². The van der Waals surface area contributed by atoms with Crippen LogP contribution in [0.15, 0.2) is 34.2 Å². The number of anilines is 1. The second-order valence-electron chi connectivity index (χ2n) is 5.41. The summed E-state index contributed by atoms with van der Waals surface area (Å²) in [7, 11) is 0. The van der Waals surface area contributed by atoms with E-state index in [1.165, 1.54) is 0 Å². The minimum Gasteiger partial charge on any atom is -0.483 e. The molecule has 0 N–H and O–H groups in total. The highest BCUT2D eigenvalue weighted by molar-refractivity contribution is 9.10. The van der Waals surface area contributed by atoms with Gasteiger partial charge in [-0.05, 0) is 40.5 Å². The molecule has 1 saturated heterocycles. The second kappa shape index (κ2) is 7.31. The molecular weight excluding hydrogens is 378 g/mol. The van der Waals surface area contributed by atoms with Crippen molar-refractivity contribution in [3.63, 3.8) is 0 Å². The standard InChI is InChI=1S/C16H18BrN3O2S/c1-12-2-3-14(13(17)10-12)22-11-15(21)19-5-7-20(8-6-19)16-18-4-9-23-16/h2-4,9-10H,5-8,11H2,1H3. The van der Waals surface area contributed by atoms with Crippen molar-refractivity contribution in [1.82, 2.24) is 9.88 Å². The quantitative estimate of drug-likeness (QED) is 0.798. The molecule has 122 valence electrons. The molecule has 0 saturated carbocycles. The molecule has 1 aliphatic rings. The van der Waals surface area contributed by atoms with E-state index in [2.05, 4.69) is 25.8 Å². The van der Waals surface area contributed by atoms with Gasteiger partial charge >= 0.3 is 0 Å². The fraction of sp³-hybridized carbons (Fsp3) is 0.375. The van der Waals surface area contributed by atoms with E-state index in [9.17, 15) is 4.79 Å². The van der Waals surface area contributed by atoms with Crippen LogP contribution in [-0.4, -0.2) is 48.6 Å².